The molecule has 2 heterocycles. The van der Waals surface area contributed by atoms with E-state index in [2.05, 4.69) is 14.8 Å². The molecule has 0 saturated carbocycles. The molecule has 0 bridgehead atoms. The molecule has 0 spiro atoms. The smallest absolute Gasteiger partial charge is 0.263 e. The van der Waals surface area contributed by atoms with Crippen molar-refractivity contribution in [3.8, 4) is 6.07 Å². The summed E-state index contributed by atoms with van der Waals surface area (Å²) in [7, 11) is -3.73. The van der Waals surface area contributed by atoms with Gasteiger partial charge in [-0.3, -0.25) is 9.40 Å². The van der Waals surface area contributed by atoms with Gasteiger partial charge in [-0.05, 0) is 26.0 Å². The van der Waals surface area contributed by atoms with E-state index in [1.54, 1.807) is 10.9 Å². The second-order valence-electron chi connectivity index (χ2n) is 4.40. The summed E-state index contributed by atoms with van der Waals surface area (Å²) in [6.45, 7) is 3.88. The van der Waals surface area contributed by atoms with Crippen LogP contribution in [0.25, 0.3) is 0 Å². The first-order valence-corrected chi connectivity index (χ1v) is 7.34. The molecule has 0 atom stereocenters. The van der Waals surface area contributed by atoms with Crippen molar-refractivity contribution in [1.29, 1.82) is 5.26 Å². The lowest BCUT2D eigenvalue weighted by Crippen LogP contribution is -2.13. The molecular weight excluding hydrogens is 278 g/mol. The third kappa shape index (κ3) is 2.95. The lowest BCUT2D eigenvalue weighted by molar-refractivity contribution is 0.532. The molecule has 0 aromatic carbocycles. The maximum Gasteiger partial charge on any atom is 0.263 e. The van der Waals surface area contributed by atoms with E-state index in [0.717, 1.165) is 6.20 Å². The van der Waals surface area contributed by atoms with Gasteiger partial charge in [0.25, 0.3) is 10.0 Å². The van der Waals surface area contributed by atoms with Crippen LogP contribution in [0, 0.1) is 11.3 Å². The number of rotatable bonds is 4. The Kier molecular flexibility index (Phi) is 3.72. The fourth-order valence-electron chi connectivity index (χ4n) is 1.49. The van der Waals surface area contributed by atoms with Gasteiger partial charge in [0.1, 0.15) is 16.7 Å². The highest BCUT2D eigenvalue weighted by atomic mass is 32.2. The summed E-state index contributed by atoms with van der Waals surface area (Å²) in [4.78, 5) is 3.73. The summed E-state index contributed by atoms with van der Waals surface area (Å²) >= 11 is 0. The van der Waals surface area contributed by atoms with E-state index in [9.17, 15) is 8.42 Å². The lowest BCUT2D eigenvalue weighted by Gasteiger charge is -2.06. The molecular formula is C12H13N5O2S. The van der Waals surface area contributed by atoms with E-state index in [-0.39, 0.29) is 16.6 Å². The fourth-order valence-corrected chi connectivity index (χ4v) is 2.46. The predicted molar refractivity (Wildman–Crippen MR) is 72.4 cm³/mol. The molecule has 0 fully saturated rings. The number of anilines is 1. The molecule has 2 aromatic rings. The monoisotopic (exact) mass is 291 g/mol. The molecule has 2 aromatic heterocycles. The second-order valence-corrected chi connectivity index (χ2v) is 6.08. The van der Waals surface area contributed by atoms with E-state index in [4.69, 9.17) is 5.26 Å². The van der Waals surface area contributed by atoms with Gasteiger partial charge >= 0.3 is 0 Å². The average molecular weight is 291 g/mol. The quantitative estimate of drug-likeness (QED) is 0.920. The van der Waals surface area contributed by atoms with Crippen LogP contribution in [0.3, 0.4) is 0 Å². The summed E-state index contributed by atoms with van der Waals surface area (Å²) in [6.07, 6.45) is 4.20. The molecule has 8 heteroatoms. The normalized spacial score (nSPS) is 11.3. The Hall–Kier alpha value is -2.40. The van der Waals surface area contributed by atoms with Crippen LogP contribution in [0.1, 0.15) is 25.6 Å². The van der Waals surface area contributed by atoms with Gasteiger partial charge in [-0.15, -0.1) is 0 Å². The molecule has 0 unspecified atom stereocenters. The van der Waals surface area contributed by atoms with Crippen LogP contribution in [-0.2, 0) is 10.0 Å². The van der Waals surface area contributed by atoms with Crippen LogP contribution >= 0.6 is 0 Å². The van der Waals surface area contributed by atoms with Crippen molar-refractivity contribution in [2.45, 2.75) is 24.8 Å². The van der Waals surface area contributed by atoms with E-state index < -0.39 is 10.0 Å². The molecule has 0 saturated heterocycles. The van der Waals surface area contributed by atoms with Crippen LogP contribution in [0.2, 0.25) is 0 Å². The Morgan fingerprint density at radius 1 is 1.35 bits per heavy atom. The van der Waals surface area contributed by atoms with Gasteiger partial charge in [-0.1, -0.05) is 0 Å². The zero-order valence-electron chi connectivity index (χ0n) is 11.0. The number of sulfonamides is 1. The van der Waals surface area contributed by atoms with Gasteiger partial charge in [-0.25, -0.2) is 13.4 Å². The number of aromatic nitrogens is 3. The number of pyridine rings is 1. The third-order valence-corrected chi connectivity index (χ3v) is 3.91. The molecule has 0 aliphatic rings. The molecule has 2 rings (SSSR count). The topological polar surface area (TPSA) is 101 Å². The van der Waals surface area contributed by atoms with Gasteiger partial charge in [0.15, 0.2) is 0 Å². The van der Waals surface area contributed by atoms with E-state index in [1.807, 2.05) is 19.9 Å². The number of hydrogen-bond donors (Lipinski definition) is 1. The Bertz CT molecular complexity index is 741. The fraction of sp³-hybridized carbons (Fsp3) is 0.250. The number of nitrogens with one attached hydrogen (secondary N) is 1. The number of nitriles is 1. The van der Waals surface area contributed by atoms with Gasteiger partial charge < -0.3 is 0 Å². The summed E-state index contributed by atoms with van der Waals surface area (Å²) in [5, 5.41) is 12.7. The highest BCUT2D eigenvalue weighted by Crippen LogP contribution is 2.16. The first-order chi connectivity index (χ1) is 9.42. The highest BCUT2D eigenvalue weighted by molar-refractivity contribution is 7.92. The molecule has 0 aliphatic heterocycles. The Labute approximate surface area is 116 Å². The molecule has 0 radical (unpaired) electrons. The molecule has 20 heavy (non-hydrogen) atoms. The summed E-state index contributed by atoms with van der Waals surface area (Å²) in [5.74, 6) is 0. The number of nitrogens with zero attached hydrogens (tertiary/aromatic N) is 4. The summed E-state index contributed by atoms with van der Waals surface area (Å²) in [5.41, 5.74) is 0.541. The van der Waals surface area contributed by atoms with Crippen molar-refractivity contribution in [3.63, 3.8) is 0 Å². The van der Waals surface area contributed by atoms with Crippen molar-refractivity contribution in [1.82, 2.24) is 14.8 Å². The van der Waals surface area contributed by atoms with E-state index in [1.165, 1.54) is 18.3 Å². The Balaban J connectivity index is 2.23. The predicted octanol–water partition coefficient (Wildman–Crippen LogP) is 1.53. The van der Waals surface area contributed by atoms with E-state index >= 15 is 0 Å². The highest BCUT2D eigenvalue weighted by Gasteiger charge is 2.16. The average Bonchev–Trinajstić information content (AvgIpc) is 2.87. The molecule has 0 amide bonds. The van der Waals surface area contributed by atoms with Gasteiger partial charge in [-0.2, -0.15) is 10.4 Å². The first kappa shape index (κ1) is 14.0. The Morgan fingerprint density at radius 3 is 2.60 bits per heavy atom. The zero-order chi connectivity index (χ0) is 14.8. The van der Waals surface area contributed by atoms with Crippen LogP contribution in [-0.4, -0.2) is 23.2 Å². The van der Waals surface area contributed by atoms with Crippen molar-refractivity contribution in [2.24, 2.45) is 0 Å². The maximum atomic E-state index is 12.1. The summed E-state index contributed by atoms with van der Waals surface area (Å²) in [6, 6.07) is 4.66. The van der Waals surface area contributed by atoms with Crippen molar-refractivity contribution in [2.75, 3.05) is 4.72 Å². The van der Waals surface area contributed by atoms with Crippen molar-refractivity contribution < 1.29 is 8.42 Å². The molecule has 1 N–H and O–H groups in total. The minimum Gasteiger partial charge on any atom is -0.276 e. The van der Waals surface area contributed by atoms with Crippen LogP contribution in [0.15, 0.2) is 35.6 Å². The van der Waals surface area contributed by atoms with Crippen molar-refractivity contribution >= 4 is 15.7 Å². The maximum absolute atomic E-state index is 12.1. The minimum atomic E-state index is -3.73. The standard InChI is InChI=1S/C12H13N5O2S/c1-9(2)17-8-11(6-15-17)16-20(18,19)12-4-3-10(5-13)14-7-12/h3-4,6-9,16H,1-2H3. The third-order valence-electron chi connectivity index (χ3n) is 2.54. The van der Waals surface area contributed by atoms with Crippen LogP contribution in [0.4, 0.5) is 5.69 Å². The van der Waals surface area contributed by atoms with Crippen LogP contribution in [0.5, 0.6) is 0 Å². The molecule has 7 nitrogen and oxygen atoms in total. The Morgan fingerprint density at radius 2 is 2.10 bits per heavy atom. The minimum absolute atomic E-state index is 0.00574. The number of hydrogen-bond acceptors (Lipinski definition) is 5. The SMILES string of the molecule is CC(C)n1cc(NS(=O)(=O)c2ccc(C#N)nc2)cn1. The largest absolute Gasteiger partial charge is 0.276 e. The lowest BCUT2D eigenvalue weighted by atomic mass is 10.4. The summed E-state index contributed by atoms with van der Waals surface area (Å²) < 4.78 is 28.3. The van der Waals surface area contributed by atoms with Crippen molar-refractivity contribution in [3.05, 3.63) is 36.4 Å². The molecule has 104 valence electrons. The van der Waals surface area contributed by atoms with Crippen LogP contribution < -0.4 is 4.72 Å². The van der Waals surface area contributed by atoms with Gasteiger partial charge in [0.2, 0.25) is 0 Å². The first-order valence-electron chi connectivity index (χ1n) is 5.85. The zero-order valence-corrected chi connectivity index (χ0v) is 11.8. The van der Waals surface area contributed by atoms with E-state index in [0.29, 0.717) is 5.69 Å². The second kappa shape index (κ2) is 5.30. The molecule has 0 aliphatic carbocycles. The van der Waals surface area contributed by atoms with Gasteiger partial charge in [0.05, 0.1) is 11.9 Å². The van der Waals surface area contributed by atoms with Gasteiger partial charge in [0, 0.05) is 18.4 Å².